The molecule has 2 atom stereocenters. The van der Waals surface area contributed by atoms with Crippen molar-refractivity contribution >= 4 is 5.91 Å². The quantitative estimate of drug-likeness (QED) is 0.652. The van der Waals surface area contributed by atoms with E-state index in [0.29, 0.717) is 13.1 Å². The molecule has 2 heterocycles. The predicted molar refractivity (Wildman–Crippen MR) is 106 cm³/mol. The van der Waals surface area contributed by atoms with Crippen LogP contribution in [0, 0.1) is 11.6 Å². The third kappa shape index (κ3) is 3.05. The zero-order chi connectivity index (χ0) is 21.8. The number of amides is 1. The largest absolute Gasteiger partial charge is 0.341 e. The molecule has 1 fully saturated rings. The summed E-state index contributed by atoms with van der Waals surface area (Å²) in [6, 6.07) is 5.45. The van der Waals surface area contributed by atoms with E-state index in [0.717, 1.165) is 30.5 Å². The first-order valence-corrected chi connectivity index (χ1v) is 10.2. The number of nitrogens with one attached hydrogen (secondary N) is 2. The van der Waals surface area contributed by atoms with E-state index in [-0.39, 0.29) is 34.3 Å². The van der Waals surface area contributed by atoms with Crippen molar-refractivity contribution in [3.8, 4) is 11.3 Å². The fourth-order valence-electron chi connectivity index (χ4n) is 5.03. The Hall–Kier alpha value is -3.43. The number of H-pyrrole nitrogens is 2. The molecule has 5 rings (SSSR count). The van der Waals surface area contributed by atoms with Crippen molar-refractivity contribution in [1.82, 2.24) is 30.3 Å². The first kappa shape index (κ1) is 19.5. The van der Waals surface area contributed by atoms with Crippen LogP contribution in [0.4, 0.5) is 8.78 Å². The Morgan fingerprint density at radius 3 is 2.74 bits per heavy atom. The second kappa shape index (κ2) is 7.07. The molecule has 2 bridgehead atoms. The third-order valence-corrected chi connectivity index (χ3v) is 6.46. The van der Waals surface area contributed by atoms with Gasteiger partial charge in [-0.2, -0.15) is 10.2 Å². The van der Waals surface area contributed by atoms with E-state index in [9.17, 15) is 18.4 Å². The molecule has 2 aliphatic rings. The van der Waals surface area contributed by atoms with E-state index >= 15 is 0 Å². The fraction of sp³-hybridized carbons (Fsp3) is 0.381. The summed E-state index contributed by atoms with van der Waals surface area (Å²) >= 11 is 0. The molecule has 0 spiro atoms. The number of aromatic amines is 2. The van der Waals surface area contributed by atoms with Gasteiger partial charge in [-0.05, 0) is 55.9 Å². The van der Waals surface area contributed by atoms with Crippen molar-refractivity contribution in [2.45, 2.75) is 37.5 Å². The zero-order valence-corrected chi connectivity index (χ0v) is 16.8. The number of carbonyl (C=O) groups is 1. The number of likely N-dealkylation sites (N-methyl/N-ethyl adjacent to an activating group) is 1. The highest BCUT2D eigenvalue weighted by Gasteiger charge is 2.52. The normalized spacial score (nSPS) is 21.3. The van der Waals surface area contributed by atoms with Gasteiger partial charge in [-0.15, -0.1) is 5.10 Å². The van der Waals surface area contributed by atoms with Crippen LogP contribution in [-0.4, -0.2) is 49.3 Å². The van der Waals surface area contributed by atoms with Gasteiger partial charge in [0.15, 0.2) is 0 Å². The SMILES string of the molecule is CCN(C[C@]12CC[C@H](C1)c1cc(-c3c(F)cccc3F)nnc12)C(=O)c1n[nH]c(=O)[nH]1. The second-order valence-electron chi connectivity index (χ2n) is 8.20. The molecule has 1 saturated carbocycles. The second-order valence-corrected chi connectivity index (χ2v) is 8.20. The lowest BCUT2D eigenvalue weighted by Crippen LogP contribution is -2.43. The number of carbonyl (C=O) groups excluding carboxylic acids is 1. The van der Waals surface area contributed by atoms with Crippen LogP contribution in [0.5, 0.6) is 0 Å². The van der Waals surface area contributed by atoms with Gasteiger partial charge < -0.3 is 4.90 Å². The Balaban J connectivity index is 1.49. The number of benzene rings is 1. The summed E-state index contributed by atoms with van der Waals surface area (Å²) in [5.41, 5.74) is 0.809. The van der Waals surface area contributed by atoms with Crippen LogP contribution in [0.25, 0.3) is 11.3 Å². The average Bonchev–Trinajstić information content (AvgIpc) is 3.45. The molecule has 160 valence electrons. The van der Waals surface area contributed by atoms with Crippen LogP contribution in [-0.2, 0) is 5.41 Å². The molecule has 0 aliphatic heterocycles. The van der Waals surface area contributed by atoms with E-state index in [1.54, 1.807) is 11.0 Å². The Kier molecular flexibility index (Phi) is 4.45. The highest BCUT2D eigenvalue weighted by atomic mass is 19.1. The first-order valence-electron chi connectivity index (χ1n) is 10.2. The van der Waals surface area contributed by atoms with Gasteiger partial charge in [-0.25, -0.2) is 18.7 Å². The van der Waals surface area contributed by atoms with Crippen LogP contribution in [0.15, 0.2) is 29.1 Å². The summed E-state index contributed by atoms with van der Waals surface area (Å²) in [5.74, 6) is -1.55. The molecule has 1 aromatic carbocycles. The monoisotopic (exact) mass is 426 g/mol. The van der Waals surface area contributed by atoms with Crippen molar-refractivity contribution in [3.05, 3.63) is 63.5 Å². The molecule has 2 aromatic heterocycles. The lowest BCUT2D eigenvalue weighted by molar-refractivity contribution is 0.0710. The van der Waals surface area contributed by atoms with Gasteiger partial charge in [0.25, 0.3) is 5.91 Å². The molecule has 2 aliphatic carbocycles. The van der Waals surface area contributed by atoms with E-state index < -0.39 is 17.3 Å². The summed E-state index contributed by atoms with van der Waals surface area (Å²) < 4.78 is 28.5. The molecular weight excluding hydrogens is 406 g/mol. The van der Waals surface area contributed by atoms with Crippen LogP contribution in [0.3, 0.4) is 0 Å². The zero-order valence-electron chi connectivity index (χ0n) is 16.8. The summed E-state index contributed by atoms with van der Waals surface area (Å²) in [4.78, 5) is 28.2. The first-order chi connectivity index (χ1) is 14.9. The van der Waals surface area contributed by atoms with Crippen molar-refractivity contribution in [1.29, 1.82) is 0 Å². The minimum absolute atomic E-state index is 0.0347. The van der Waals surface area contributed by atoms with E-state index in [2.05, 4.69) is 25.4 Å². The molecule has 3 aromatic rings. The Bertz CT molecular complexity index is 1220. The van der Waals surface area contributed by atoms with E-state index in [1.807, 2.05) is 6.92 Å². The number of hydrogen-bond donors (Lipinski definition) is 2. The van der Waals surface area contributed by atoms with Crippen molar-refractivity contribution < 1.29 is 13.6 Å². The summed E-state index contributed by atoms with van der Waals surface area (Å²) in [7, 11) is 0. The molecule has 2 N–H and O–H groups in total. The number of nitrogens with zero attached hydrogens (tertiary/aromatic N) is 4. The van der Waals surface area contributed by atoms with Crippen LogP contribution >= 0.6 is 0 Å². The van der Waals surface area contributed by atoms with Crippen molar-refractivity contribution in [2.75, 3.05) is 13.1 Å². The molecule has 1 amide bonds. The third-order valence-electron chi connectivity index (χ3n) is 6.46. The van der Waals surface area contributed by atoms with Gasteiger partial charge >= 0.3 is 5.69 Å². The number of rotatable bonds is 5. The van der Waals surface area contributed by atoms with Gasteiger partial charge in [-0.3, -0.25) is 9.78 Å². The maximum absolute atomic E-state index is 14.2. The average molecular weight is 426 g/mol. The molecule has 0 unspecified atom stereocenters. The summed E-state index contributed by atoms with van der Waals surface area (Å²) in [6.45, 7) is 2.70. The van der Waals surface area contributed by atoms with Crippen LogP contribution in [0.1, 0.15) is 54.0 Å². The predicted octanol–water partition coefficient (Wildman–Crippen LogP) is 2.51. The van der Waals surface area contributed by atoms with Gasteiger partial charge in [0.2, 0.25) is 5.82 Å². The Labute approximate surface area is 175 Å². The Morgan fingerprint density at radius 1 is 1.29 bits per heavy atom. The van der Waals surface area contributed by atoms with E-state index in [1.165, 1.54) is 18.2 Å². The van der Waals surface area contributed by atoms with Crippen LogP contribution < -0.4 is 5.69 Å². The minimum atomic E-state index is -0.678. The molecule has 10 heteroatoms. The van der Waals surface area contributed by atoms with Gasteiger partial charge in [0.1, 0.15) is 11.6 Å². The Morgan fingerprint density at radius 2 is 2.06 bits per heavy atom. The number of fused-ring (bicyclic) bond motifs is 5. The van der Waals surface area contributed by atoms with Gasteiger partial charge in [-0.1, -0.05) is 6.07 Å². The molecule has 0 saturated heterocycles. The lowest BCUT2D eigenvalue weighted by Gasteiger charge is -2.33. The van der Waals surface area contributed by atoms with Gasteiger partial charge in [0.05, 0.1) is 17.0 Å². The number of aromatic nitrogens is 5. The maximum Gasteiger partial charge on any atom is 0.341 e. The van der Waals surface area contributed by atoms with Gasteiger partial charge in [0, 0.05) is 18.5 Å². The minimum Gasteiger partial charge on any atom is -0.335 e. The lowest BCUT2D eigenvalue weighted by atomic mass is 9.82. The summed E-state index contributed by atoms with van der Waals surface area (Å²) in [6.07, 6.45) is 2.54. The molecular formula is C21H20F2N6O2. The topological polar surface area (TPSA) is 108 Å². The van der Waals surface area contributed by atoms with Crippen LogP contribution in [0.2, 0.25) is 0 Å². The molecule has 31 heavy (non-hydrogen) atoms. The summed E-state index contributed by atoms with van der Waals surface area (Å²) in [5, 5.41) is 14.5. The maximum atomic E-state index is 14.2. The standard InChI is InChI=1S/C21H20F2N6O2/c1-2-29(19(30)18-24-20(31)28-27-18)10-21-7-6-11(9-21)12-8-15(25-26-17(12)21)16-13(22)4-3-5-14(16)23/h3-5,8,11H,2,6-7,9-10H2,1H3,(H2,24,27,28,31)/t11-,21+/m1/s1. The molecule has 8 nitrogen and oxygen atoms in total. The molecule has 0 radical (unpaired) electrons. The van der Waals surface area contributed by atoms with Crippen molar-refractivity contribution in [3.63, 3.8) is 0 Å². The number of halogens is 2. The highest BCUT2D eigenvalue weighted by Crippen LogP contribution is 2.57. The van der Waals surface area contributed by atoms with Crippen molar-refractivity contribution in [2.24, 2.45) is 0 Å². The van der Waals surface area contributed by atoms with E-state index in [4.69, 9.17) is 0 Å². The fourth-order valence-corrected chi connectivity index (χ4v) is 5.03. The highest BCUT2D eigenvalue weighted by molar-refractivity contribution is 5.90. The smallest absolute Gasteiger partial charge is 0.335 e. The number of hydrogen-bond acceptors (Lipinski definition) is 5.